The maximum atomic E-state index is 11.2. The molecule has 0 fully saturated rings. The number of ketones is 1. The van der Waals surface area contributed by atoms with Crippen molar-refractivity contribution < 1.29 is 14.8 Å². The van der Waals surface area contributed by atoms with E-state index in [1.54, 1.807) is 0 Å². The molecule has 19 heavy (non-hydrogen) atoms. The first-order valence-corrected chi connectivity index (χ1v) is 6.03. The van der Waals surface area contributed by atoms with Gasteiger partial charge in [-0.25, -0.2) is 0 Å². The monoisotopic (exact) mass is 266 g/mol. The van der Waals surface area contributed by atoms with Gasteiger partial charge in [-0.15, -0.1) is 0 Å². The minimum Gasteiger partial charge on any atom is -0.394 e. The van der Waals surface area contributed by atoms with E-state index >= 15 is 0 Å². The fourth-order valence-electron chi connectivity index (χ4n) is 1.65. The van der Waals surface area contributed by atoms with Crippen molar-refractivity contribution >= 4 is 17.2 Å². The molecule has 0 aliphatic heterocycles. The van der Waals surface area contributed by atoms with E-state index in [-0.39, 0.29) is 30.0 Å². The zero-order chi connectivity index (χ0) is 14.6. The Kier molecular flexibility index (Phi) is 5.00. The molecule has 0 aliphatic rings. The summed E-state index contributed by atoms with van der Waals surface area (Å²) in [5, 5.41) is 23.2. The van der Waals surface area contributed by atoms with Crippen molar-refractivity contribution in [3.63, 3.8) is 0 Å². The maximum Gasteiger partial charge on any atom is 0.293 e. The summed E-state index contributed by atoms with van der Waals surface area (Å²) < 4.78 is 0. The van der Waals surface area contributed by atoms with Crippen molar-refractivity contribution in [2.45, 2.75) is 26.8 Å². The van der Waals surface area contributed by atoms with Crippen LogP contribution in [0.4, 0.5) is 11.4 Å². The van der Waals surface area contributed by atoms with Gasteiger partial charge < -0.3 is 10.4 Å². The topological polar surface area (TPSA) is 92.5 Å². The van der Waals surface area contributed by atoms with Crippen LogP contribution in [0.25, 0.3) is 0 Å². The number of nitrogens with one attached hydrogen (secondary N) is 1. The second-order valence-corrected chi connectivity index (χ2v) is 4.72. The minimum atomic E-state index is -0.538. The maximum absolute atomic E-state index is 11.2. The molecule has 0 saturated carbocycles. The molecular weight excluding hydrogens is 248 g/mol. The SMILES string of the molecule is CC(=O)c1ccc(N[C@@H](CO)C(C)C)c([N+](=O)[O-])c1. The quantitative estimate of drug-likeness (QED) is 0.468. The van der Waals surface area contributed by atoms with Crippen molar-refractivity contribution in [1.29, 1.82) is 0 Å². The van der Waals surface area contributed by atoms with E-state index < -0.39 is 4.92 Å². The molecule has 6 nitrogen and oxygen atoms in total. The lowest BCUT2D eigenvalue weighted by Crippen LogP contribution is -2.29. The fraction of sp³-hybridized carbons (Fsp3) is 0.462. The summed E-state index contributed by atoms with van der Waals surface area (Å²) in [5.41, 5.74) is 0.442. The molecule has 0 spiro atoms. The van der Waals surface area contributed by atoms with E-state index in [4.69, 9.17) is 0 Å². The van der Waals surface area contributed by atoms with Crippen LogP contribution in [0, 0.1) is 16.0 Å². The number of nitrogens with zero attached hydrogens (tertiary/aromatic N) is 1. The molecule has 0 amide bonds. The van der Waals surface area contributed by atoms with Gasteiger partial charge in [-0.05, 0) is 25.0 Å². The third-order valence-corrected chi connectivity index (χ3v) is 2.94. The fourth-order valence-corrected chi connectivity index (χ4v) is 1.65. The second kappa shape index (κ2) is 6.29. The highest BCUT2D eigenvalue weighted by Crippen LogP contribution is 2.27. The van der Waals surface area contributed by atoms with Crippen LogP contribution in [0.15, 0.2) is 18.2 Å². The number of Topliss-reactive ketones (excluding diaryl/α,β-unsaturated/α-hetero) is 1. The van der Waals surface area contributed by atoms with E-state index in [2.05, 4.69) is 5.32 Å². The summed E-state index contributed by atoms with van der Waals surface area (Å²) in [4.78, 5) is 21.7. The molecule has 0 aromatic heterocycles. The summed E-state index contributed by atoms with van der Waals surface area (Å²) in [6, 6.07) is 4.01. The highest BCUT2D eigenvalue weighted by atomic mass is 16.6. The van der Waals surface area contributed by atoms with E-state index in [0.29, 0.717) is 11.3 Å². The molecule has 1 aromatic carbocycles. The minimum absolute atomic E-state index is 0.122. The lowest BCUT2D eigenvalue weighted by atomic mass is 10.0. The second-order valence-electron chi connectivity index (χ2n) is 4.72. The molecule has 1 rings (SSSR count). The number of carbonyl (C=O) groups excluding carboxylic acids is 1. The van der Waals surface area contributed by atoms with Crippen molar-refractivity contribution in [2.75, 3.05) is 11.9 Å². The van der Waals surface area contributed by atoms with Gasteiger partial charge in [0.2, 0.25) is 0 Å². The number of hydrogen-bond acceptors (Lipinski definition) is 5. The predicted octanol–water partition coefficient (Wildman–Crippen LogP) is 2.23. The number of nitro groups is 1. The van der Waals surface area contributed by atoms with Crippen molar-refractivity contribution in [3.05, 3.63) is 33.9 Å². The van der Waals surface area contributed by atoms with Gasteiger partial charge in [0, 0.05) is 11.6 Å². The van der Waals surface area contributed by atoms with E-state index in [1.165, 1.54) is 25.1 Å². The standard InChI is InChI=1S/C13H18N2O4/c1-8(2)12(7-16)14-11-5-4-10(9(3)17)6-13(11)15(18)19/h4-6,8,12,14,16H,7H2,1-3H3/t12-/m0/s1. The molecule has 0 heterocycles. The number of anilines is 1. The summed E-state index contributed by atoms with van der Waals surface area (Å²) in [6.07, 6.45) is 0. The van der Waals surface area contributed by atoms with Crippen molar-refractivity contribution in [1.82, 2.24) is 0 Å². The van der Waals surface area contributed by atoms with Crippen molar-refractivity contribution in [2.24, 2.45) is 5.92 Å². The smallest absolute Gasteiger partial charge is 0.293 e. The van der Waals surface area contributed by atoms with Gasteiger partial charge in [-0.2, -0.15) is 0 Å². The first-order valence-electron chi connectivity index (χ1n) is 6.03. The number of benzene rings is 1. The van der Waals surface area contributed by atoms with Gasteiger partial charge >= 0.3 is 0 Å². The Morgan fingerprint density at radius 1 is 1.47 bits per heavy atom. The Balaban J connectivity index is 3.13. The summed E-state index contributed by atoms with van der Waals surface area (Å²) in [7, 11) is 0. The highest BCUT2D eigenvalue weighted by Gasteiger charge is 2.20. The molecule has 0 radical (unpaired) electrons. The number of nitro benzene ring substituents is 1. The summed E-state index contributed by atoms with van der Waals surface area (Å²) in [5.74, 6) is -0.102. The van der Waals surface area contributed by atoms with Gasteiger partial charge in [-0.3, -0.25) is 14.9 Å². The molecule has 1 atom stereocenters. The number of hydrogen-bond donors (Lipinski definition) is 2. The number of rotatable bonds is 6. The van der Waals surface area contributed by atoms with Crippen LogP contribution in [0.3, 0.4) is 0 Å². The van der Waals surface area contributed by atoms with Crippen LogP contribution in [0.1, 0.15) is 31.1 Å². The van der Waals surface area contributed by atoms with Gasteiger partial charge in [-0.1, -0.05) is 13.8 Å². The van der Waals surface area contributed by atoms with Crippen LogP contribution < -0.4 is 5.32 Å². The molecule has 0 unspecified atom stereocenters. The number of aliphatic hydroxyl groups is 1. The average molecular weight is 266 g/mol. The Bertz CT molecular complexity index is 486. The summed E-state index contributed by atoms with van der Waals surface area (Å²) >= 11 is 0. The van der Waals surface area contributed by atoms with Crippen LogP contribution in [-0.4, -0.2) is 28.5 Å². The van der Waals surface area contributed by atoms with Crippen LogP contribution in [-0.2, 0) is 0 Å². The zero-order valence-corrected chi connectivity index (χ0v) is 11.2. The first-order chi connectivity index (χ1) is 8.86. The zero-order valence-electron chi connectivity index (χ0n) is 11.2. The van der Waals surface area contributed by atoms with Crippen LogP contribution >= 0.6 is 0 Å². The van der Waals surface area contributed by atoms with E-state index in [0.717, 1.165) is 0 Å². The normalized spacial score (nSPS) is 12.3. The Hall–Kier alpha value is -1.95. The third-order valence-electron chi connectivity index (χ3n) is 2.94. The molecule has 6 heteroatoms. The molecular formula is C13H18N2O4. The Morgan fingerprint density at radius 3 is 2.53 bits per heavy atom. The first kappa shape index (κ1) is 15.1. The van der Waals surface area contributed by atoms with Gasteiger partial charge in [0.15, 0.2) is 5.78 Å². The number of carbonyl (C=O) groups is 1. The molecule has 0 bridgehead atoms. The third kappa shape index (κ3) is 3.75. The summed E-state index contributed by atoms with van der Waals surface area (Å²) in [6.45, 7) is 5.05. The molecule has 0 aliphatic carbocycles. The van der Waals surface area contributed by atoms with Crippen LogP contribution in [0.2, 0.25) is 0 Å². The van der Waals surface area contributed by atoms with Gasteiger partial charge in [0.05, 0.1) is 17.6 Å². The van der Waals surface area contributed by atoms with Gasteiger partial charge in [0.25, 0.3) is 5.69 Å². The highest BCUT2D eigenvalue weighted by molar-refractivity contribution is 5.95. The Morgan fingerprint density at radius 2 is 2.11 bits per heavy atom. The lowest BCUT2D eigenvalue weighted by molar-refractivity contribution is -0.384. The van der Waals surface area contributed by atoms with E-state index in [9.17, 15) is 20.0 Å². The van der Waals surface area contributed by atoms with Gasteiger partial charge in [0.1, 0.15) is 5.69 Å². The molecule has 104 valence electrons. The molecule has 2 N–H and O–H groups in total. The Labute approximate surface area is 111 Å². The predicted molar refractivity (Wildman–Crippen MR) is 72.4 cm³/mol. The largest absolute Gasteiger partial charge is 0.394 e. The number of aliphatic hydroxyl groups excluding tert-OH is 1. The lowest BCUT2D eigenvalue weighted by Gasteiger charge is -2.21. The average Bonchev–Trinajstić information content (AvgIpc) is 2.35. The molecule has 0 saturated heterocycles. The van der Waals surface area contributed by atoms with Crippen molar-refractivity contribution in [3.8, 4) is 0 Å². The molecule has 1 aromatic rings. The van der Waals surface area contributed by atoms with Crippen LogP contribution in [0.5, 0.6) is 0 Å². The van der Waals surface area contributed by atoms with E-state index in [1.807, 2.05) is 13.8 Å².